The topological polar surface area (TPSA) is 38.5 Å². The number of ether oxygens (including phenoxy) is 1. The maximum Gasteiger partial charge on any atom is 0.0743 e. The van der Waals surface area contributed by atoms with Crippen molar-refractivity contribution in [2.75, 3.05) is 19.7 Å². The highest BCUT2D eigenvalue weighted by molar-refractivity contribution is 5.28. The second kappa shape index (κ2) is 5.23. The molecule has 19 heavy (non-hydrogen) atoms. The number of nitrogens with two attached hydrogens (primary N) is 1. The minimum Gasteiger partial charge on any atom is -0.376 e. The van der Waals surface area contributed by atoms with E-state index in [1.54, 1.807) is 0 Å². The van der Waals surface area contributed by atoms with Gasteiger partial charge in [-0.3, -0.25) is 4.90 Å². The molecule has 0 aromatic heterocycles. The molecule has 2 aliphatic heterocycles. The average Bonchev–Trinajstić information content (AvgIpc) is 2.69. The zero-order valence-electron chi connectivity index (χ0n) is 11.8. The number of rotatable bonds is 2. The standard InChI is InChI=1S/C16H24N2O/c1-13-16(12-17,8-10-19-13)18-9-4-7-14-5-2-3-6-15(14)11-18/h2-3,5-6,13H,4,7-12,17H2,1H3. The summed E-state index contributed by atoms with van der Waals surface area (Å²) in [5.41, 5.74) is 9.15. The molecule has 0 bridgehead atoms. The Labute approximate surface area is 115 Å². The van der Waals surface area contributed by atoms with Crippen LogP contribution in [-0.2, 0) is 17.7 Å². The van der Waals surface area contributed by atoms with Gasteiger partial charge in [-0.05, 0) is 43.9 Å². The maximum atomic E-state index is 6.14. The molecule has 3 nitrogen and oxygen atoms in total. The van der Waals surface area contributed by atoms with E-state index in [0.29, 0.717) is 6.54 Å². The Balaban J connectivity index is 1.89. The Morgan fingerprint density at radius 2 is 2.16 bits per heavy atom. The summed E-state index contributed by atoms with van der Waals surface area (Å²) in [5.74, 6) is 0. The van der Waals surface area contributed by atoms with Crippen LogP contribution < -0.4 is 5.73 Å². The molecule has 1 aromatic carbocycles. The summed E-state index contributed by atoms with van der Waals surface area (Å²) >= 11 is 0. The molecule has 2 aliphatic rings. The van der Waals surface area contributed by atoms with Crippen molar-refractivity contribution in [2.24, 2.45) is 5.73 Å². The number of hydrogen-bond acceptors (Lipinski definition) is 3. The third-order valence-electron chi connectivity index (χ3n) is 5.00. The van der Waals surface area contributed by atoms with Crippen LogP contribution in [0.2, 0.25) is 0 Å². The fourth-order valence-electron chi connectivity index (χ4n) is 3.66. The lowest BCUT2D eigenvalue weighted by molar-refractivity contribution is 0.0103. The summed E-state index contributed by atoms with van der Waals surface area (Å²) in [6.07, 6.45) is 3.70. The Hall–Kier alpha value is -0.900. The Morgan fingerprint density at radius 1 is 1.37 bits per heavy atom. The van der Waals surface area contributed by atoms with Crippen LogP contribution in [0, 0.1) is 0 Å². The van der Waals surface area contributed by atoms with E-state index in [2.05, 4.69) is 36.1 Å². The first kappa shape index (κ1) is 13.1. The quantitative estimate of drug-likeness (QED) is 0.883. The second-order valence-corrected chi connectivity index (χ2v) is 5.86. The molecule has 2 atom stereocenters. The minimum atomic E-state index is 0.0391. The first-order chi connectivity index (χ1) is 9.26. The van der Waals surface area contributed by atoms with Crippen LogP contribution in [0.4, 0.5) is 0 Å². The molecule has 3 heteroatoms. The third kappa shape index (κ3) is 2.20. The molecular formula is C16H24N2O. The Kier molecular flexibility index (Phi) is 3.61. The molecule has 1 saturated heterocycles. The van der Waals surface area contributed by atoms with Crippen LogP contribution in [-0.4, -0.2) is 36.2 Å². The van der Waals surface area contributed by atoms with Gasteiger partial charge < -0.3 is 10.5 Å². The molecule has 2 unspecified atom stereocenters. The summed E-state index contributed by atoms with van der Waals surface area (Å²) in [6, 6.07) is 8.82. The van der Waals surface area contributed by atoms with E-state index in [0.717, 1.165) is 26.1 Å². The van der Waals surface area contributed by atoms with E-state index >= 15 is 0 Å². The monoisotopic (exact) mass is 260 g/mol. The fourth-order valence-corrected chi connectivity index (χ4v) is 3.66. The van der Waals surface area contributed by atoms with Gasteiger partial charge in [-0.2, -0.15) is 0 Å². The number of hydrogen-bond donors (Lipinski definition) is 1. The van der Waals surface area contributed by atoms with Crippen LogP contribution in [0.5, 0.6) is 0 Å². The SMILES string of the molecule is CC1OCCC1(CN)N1CCCc2ccccc2C1. The number of nitrogens with zero attached hydrogens (tertiary/aromatic N) is 1. The van der Waals surface area contributed by atoms with Crippen LogP contribution in [0.25, 0.3) is 0 Å². The van der Waals surface area contributed by atoms with Crippen molar-refractivity contribution >= 4 is 0 Å². The molecule has 0 amide bonds. The summed E-state index contributed by atoms with van der Waals surface area (Å²) in [4.78, 5) is 2.58. The largest absolute Gasteiger partial charge is 0.376 e. The van der Waals surface area contributed by atoms with Crippen molar-refractivity contribution in [1.82, 2.24) is 4.90 Å². The lowest BCUT2D eigenvalue weighted by Crippen LogP contribution is -2.57. The van der Waals surface area contributed by atoms with Gasteiger partial charge in [0.25, 0.3) is 0 Å². The predicted octanol–water partition coefficient (Wildman–Crippen LogP) is 1.94. The normalized spacial score (nSPS) is 32.0. The molecule has 1 fully saturated rings. The minimum absolute atomic E-state index is 0.0391. The van der Waals surface area contributed by atoms with E-state index in [4.69, 9.17) is 10.5 Å². The molecule has 0 spiro atoms. The number of aryl methyl sites for hydroxylation is 1. The zero-order valence-corrected chi connectivity index (χ0v) is 11.8. The summed E-state index contributed by atoms with van der Waals surface area (Å²) in [6.45, 7) is 5.85. The lowest BCUT2D eigenvalue weighted by atomic mass is 9.89. The van der Waals surface area contributed by atoms with Gasteiger partial charge in [-0.15, -0.1) is 0 Å². The first-order valence-electron chi connectivity index (χ1n) is 7.40. The summed E-state index contributed by atoms with van der Waals surface area (Å²) in [5, 5.41) is 0. The lowest BCUT2D eigenvalue weighted by Gasteiger charge is -2.42. The molecule has 0 saturated carbocycles. The number of fused-ring (bicyclic) bond motifs is 1. The second-order valence-electron chi connectivity index (χ2n) is 5.86. The van der Waals surface area contributed by atoms with Gasteiger partial charge in [-0.1, -0.05) is 24.3 Å². The highest BCUT2D eigenvalue weighted by Gasteiger charge is 2.45. The van der Waals surface area contributed by atoms with E-state index in [1.807, 2.05) is 0 Å². The maximum absolute atomic E-state index is 6.14. The van der Waals surface area contributed by atoms with E-state index in [9.17, 15) is 0 Å². The molecule has 2 heterocycles. The van der Waals surface area contributed by atoms with Gasteiger partial charge in [0.1, 0.15) is 0 Å². The van der Waals surface area contributed by atoms with Crippen molar-refractivity contribution in [3.8, 4) is 0 Å². The molecule has 3 rings (SSSR count). The molecule has 0 aliphatic carbocycles. The van der Waals surface area contributed by atoms with Gasteiger partial charge in [0.05, 0.1) is 11.6 Å². The van der Waals surface area contributed by atoms with Crippen LogP contribution in [0.3, 0.4) is 0 Å². The molecule has 1 aromatic rings. The molecule has 104 valence electrons. The molecular weight excluding hydrogens is 236 g/mol. The molecule has 0 radical (unpaired) electrons. The van der Waals surface area contributed by atoms with Gasteiger partial charge >= 0.3 is 0 Å². The Bertz CT molecular complexity index is 448. The third-order valence-corrected chi connectivity index (χ3v) is 5.00. The van der Waals surface area contributed by atoms with E-state index in [-0.39, 0.29) is 11.6 Å². The predicted molar refractivity (Wildman–Crippen MR) is 77.0 cm³/mol. The van der Waals surface area contributed by atoms with Crippen molar-refractivity contribution in [2.45, 2.75) is 44.4 Å². The highest BCUT2D eigenvalue weighted by Crippen LogP contribution is 2.34. The van der Waals surface area contributed by atoms with Crippen molar-refractivity contribution < 1.29 is 4.74 Å². The van der Waals surface area contributed by atoms with Crippen LogP contribution in [0.15, 0.2) is 24.3 Å². The summed E-state index contributed by atoms with van der Waals surface area (Å²) in [7, 11) is 0. The van der Waals surface area contributed by atoms with Crippen LogP contribution >= 0.6 is 0 Å². The fraction of sp³-hybridized carbons (Fsp3) is 0.625. The smallest absolute Gasteiger partial charge is 0.0743 e. The van der Waals surface area contributed by atoms with E-state index < -0.39 is 0 Å². The van der Waals surface area contributed by atoms with E-state index in [1.165, 1.54) is 24.0 Å². The van der Waals surface area contributed by atoms with Crippen molar-refractivity contribution in [1.29, 1.82) is 0 Å². The van der Waals surface area contributed by atoms with Gasteiger partial charge in [0.2, 0.25) is 0 Å². The molecule has 2 N–H and O–H groups in total. The first-order valence-corrected chi connectivity index (χ1v) is 7.40. The van der Waals surface area contributed by atoms with Gasteiger partial charge in [0.15, 0.2) is 0 Å². The zero-order chi connectivity index (χ0) is 13.3. The Morgan fingerprint density at radius 3 is 2.84 bits per heavy atom. The van der Waals surface area contributed by atoms with Gasteiger partial charge in [-0.25, -0.2) is 0 Å². The highest BCUT2D eigenvalue weighted by atomic mass is 16.5. The van der Waals surface area contributed by atoms with Crippen molar-refractivity contribution in [3.05, 3.63) is 35.4 Å². The number of benzene rings is 1. The van der Waals surface area contributed by atoms with Crippen LogP contribution in [0.1, 0.15) is 30.9 Å². The van der Waals surface area contributed by atoms with Gasteiger partial charge in [0, 0.05) is 19.7 Å². The average molecular weight is 260 g/mol. The van der Waals surface area contributed by atoms with Crippen molar-refractivity contribution in [3.63, 3.8) is 0 Å². The summed E-state index contributed by atoms with van der Waals surface area (Å²) < 4.78 is 5.82.